The molecule has 142 valence electrons. The van der Waals surface area contributed by atoms with Gasteiger partial charge in [0.25, 0.3) is 0 Å². The average molecular weight is 378 g/mol. The zero-order chi connectivity index (χ0) is 19.6. The molecule has 4 aromatic rings. The molecule has 2 heteroatoms. The van der Waals surface area contributed by atoms with Crippen LogP contribution in [0.4, 0.5) is 0 Å². The molecule has 6 rings (SSSR count). The zero-order valence-electron chi connectivity index (χ0n) is 17.0. The number of nitrogens with zero attached hydrogens (tertiary/aromatic N) is 2. The van der Waals surface area contributed by atoms with Crippen LogP contribution >= 0.6 is 0 Å². The van der Waals surface area contributed by atoms with Gasteiger partial charge in [0.15, 0.2) is 5.54 Å². The van der Waals surface area contributed by atoms with Gasteiger partial charge in [0, 0.05) is 24.5 Å². The smallest absolute Gasteiger partial charge is 0.234 e. The average Bonchev–Trinajstić information content (AvgIpc) is 3.50. The lowest BCUT2D eigenvalue weighted by Crippen LogP contribution is -2.55. The number of para-hydroxylation sites is 2. The molecule has 0 amide bonds. The molecule has 2 unspecified atom stereocenters. The molecule has 0 saturated heterocycles. The van der Waals surface area contributed by atoms with Crippen LogP contribution in [-0.4, -0.2) is 4.98 Å². The molecule has 0 bridgehead atoms. The normalized spacial score (nSPS) is 23.9. The quantitative estimate of drug-likeness (QED) is 0.399. The Kier molecular flexibility index (Phi) is 3.36. The first kappa shape index (κ1) is 16.9. The molecule has 2 atom stereocenters. The summed E-state index contributed by atoms with van der Waals surface area (Å²) in [6.07, 6.45) is 3.51. The topological polar surface area (TPSA) is 16.8 Å². The van der Waals surface area contributed by atoms with Gasteiger partial charge in [-0.3, -0.25) is 0 Å². The maximum absolute atomic E-state index is 5.20. The first-order valence-corrected chi connectivity index (χ1v) is 10.8. The highest BCUT2D eigenvalue weighted by Crippen LogP contribution is 2.68. The van der Waals surface area contributed by atoms with Crippen molar-refractivity contribution in [3.05, 3.63) is 84.4 Å². The first-order chi connectivity index (χ1) is 14.3. The fourth-order valence-electron chi connectivity index (χ4n) is 6.10. The van der Waals surface area contributed by atoms with Crippen LogP contribution in [0.2, 0.25) is 0 Å². The monoisotopic (exact) mass is 377 g/mol. The van der Waals surface area contributed by atoms with Gasteiger partial charge in [0.1, 0.15) is 11.2 Å². The molecule has 2 aliphatic rings. The maximum Gasteiger partial charge on any atom is 0.240 e. The highest BCUT2D eigenvalue weighted by Gasteiger charge is 2.77. The molecule has 0 spiro atoms. The molecule has 3 aromatic carbocycles. The lowest BCUT2D eigenvalue weighted by Gasteiger charge is -2.30. The van der Waals surface area contributed by atoms with Crippen LogP contribution in [0.1, 0.15) is 38.7 Å². The Morgan fingerprint density at radius 3 is 2.34 bits per heavy atom. The molecule has 1 aliphatic heterocycles. The van der Waals surface area contributed by atoms with Crippen LogP contribution in [0.3, 0.4) is 0 Å². The van der Waals surface area contributed by atoms with Crippen molar-refractivity contribution in [2.24, 2.45) is 0 Å². The molecule has 2 nitrogen and oxygen atoms in total. The Hall–Kier alpha value is -3.00. The molecule has 1 saturated carbocycles. The molecule has 0 N–H and O–H groups in total. The van der Waals surface area contributed by atoms with Crippen molar-refractivity contribution in [1.29, 1.82) is 0 Å². The minimum atomic E-state index is 0.136. The van der Waals surface area contributed by atoms with Crippen LogP contribution < -0.4 is 4.57 Å². The first-order valence-electron chi connectivity index (χ1n) is 10.8. The second-order valence-corrected chi connectivity index (χ2v) is 8.54. The number of hydrogen-bond donors (Lipinski definition) is 0. The molecule has 0 radical (unpaired) electrons. The predicted octanol–water partition coefficient (Wildman–Crippen LogP) is 6.03. The van der Waals surface area contributed by atoms with Crippen molar-refractivity contribution in [2.45, 2.75) is 44.1 Å². The van der Waals surface area contributed by atoms with Crippen molar-refractivity contribution in [1.82, 2.24) is 4.98 Å². The number of benzene rings is 3. The van der Waals surface area contributed by atoms with Crippen molar-refractivity contribution < 1.29 is 4.57 Å². The summed E-state index contributed by atoms with van der Waals surface area (Å²) in [5, 5.41) is 0. The molecular weight excluding hydrogens is 352 g/mol. The van der Waals surface area contributed by atoms with Crippen molar-refractivity contribution in [3.8, 4) is 22.5 Å². The minimum Gasteiger partial charge on any atom is -0.234 e. The van der Waals surface area contributed by atoms with Gasteiger partial charge in [-0.2, -0.15) is 4.57 Å². The van der Waals surface area contributed by atoms with Crippen LogP contribution in [-0.2, 0) is 11.0 Å². The third-order valence-electron chi connectivity index (χ3n) is 7.52. The van der Waals surface area contributed by atoms with Crippen molar-refractivity contribution in [3.63, 3.8) is 0 Å². The Morgan fingerprint density at radius 1 is 0.828 bits per heavy atom. The second-order valence-electron chi connectivity index (χ2n) is 8.54. The van der Waals surface area contributed by atoms with E-state index in [4.69, 9.17) is 4.98 Å². The summed E-state index contributed by atoms with van der Waals surface area (Å²) in [7, 11) is 0. The van der Waals surface area contributed by atoms with Crippen molar-refractivity contribution >= 4 is 11.0 Å². The van der Waals surface area contributed by atoms with E-state index in [1.54, 1.807) is 0 Å². The second kappa shape index (κ2) is 5.76. The van der Waals surface area contributed by atoms with Gasteiger partial charge >= 0.3 is 0 Å². The van der Waals surface area contributed by atoms with E-state index in [1.165, 1.54) is 40.7 Å². The third-order valence-corrected chi connectivity index (χ3v) is 7.52. The summed E-state index contributed by atoms with van der Waals surface area (Å²) in [6.45, 7) is 4.72. The Morgan fingerprint density at radius 2 is 1.55 bits per heavy atom. The highest BCUT2D eigenvalue weighted by molar-refractivity contribution is 5.85. The summed E-state index contributed by atoms with van der Waals surface area (Å²) in [5.41, 5.74) is 9.15. The van der Waals surface area contributed by atoms with Gasteiger partial charge in [-0.1, -0.05) is 74.5 Å². The van der Waals surface area contributed by atoms with Crippen LogP contribution in [0.15, 0.2) is 78.9 Å². The molecule has 2 heterocycles. The largest absolute Gasteiger partial charge is 0.240 e. The van der Waals surface area contributed by atoms with Gasteiger partial charge in [0.2, 0.25) is 11.2 Å². The molecular formula is C27H25N2+. The van der Waals surface area contributed by atoms with Gasteiger partial charge in [-0.15, -0.1) is 0 Å². The molecule has 1 fully saturated rings. The lowest BCUT2D eigenvalue weighted by molar-refractivity contribution is -0.711. The van der Waals surface area contributed by atoms with Crippen LogP contribution in [0, 0.1) is 0 Å². The van der Waals surface area contributed by atoms with E-state index in [0.717, 1.165) is 17.6 Å². The highest BCUT2D eigenvalue weighted by atomic mass is 15.2. The van der Waals surface area contributed by atoms with Crippen LogP contribution in [0.25, 0.3) is 33.5 Å². The Labute approximate surface area is 171 Å². The van der Waals surface area contributed by atoms with E-state index >= 15 is 0 Å². The van der Waals surface area contributed by atoms with Crippen molar-refractivity contribution in [2.75, 3.05) is 0 Å². The number of fused-ring (bicyclic) bond motifs is 8. The summed E-state index contributed by atoms with van der Waals surface area (Å²) in [4.78, 5) is 5.20. The summed E-state index contributed by atoms with van der Waals surface area (Å²) >= 11 is 0. The molecule has 1 aromatic heterocycles. The lowest BCUT2D eigenvalue weighted by atomic mass is 9.79. The zero-order valence-corrected chi connectivity index (χ0v) is 17.0. The van der Waals surface area contributed by atoms with E-state index in [9.17, 15) is 0 Å². The fraction of sp³-hybridized carbons (Fsp3) is 0.259. The van der Waals surface area contributed by atoms with E-state index < -0.39 is 0 Å². The summed E-state index contributed by atoms with van der Waals surface area (Å²) in [6, 6.07) is 28.4. The molecule has 29 heavy (non-hydrogen) atoms. The Bertz CT molecular complexity index is 1260. The predicted molar refractivity (Wildman–Crippen MR) is 118 cm³/mol. The standard InChI is InChI=1S/C27H25N2/c1-3-26-18-27(26,4-2)29-23-17-11-10-16-22(23)28-24(19-12-6-5-7-13-19)25(29)20-14-8-9-15-21(20)26/h5-17H,3-4,18H2,1-2H3/q+1. The van der Waals surface area contributed by atoms with E-state index in [2.05, 4.69) is 97.3 Å². The fourth-order valence-corrected chi connectivity index (χ4v) is 6.10. The van der Waals surface area contributed by atoms with E-state index in [0.29, 0.717) is 0 Å². The number of hydrogen-bond acceptors (Lipinski definition) is 1. The van der Waals surface area contributed by atoms with Gasteiger partial charge in [-0.25, -0.2) is 4.98 Å². The molecule has 1 aliphatic carbocycles. The Balaban J connectivity index is 1.83. The van der Waals surface area contributed by atoms with Gasteiger partial charge in [-0.05, 0) is 24.1 Å². The van der Waals surface area contributed by atoms with E-state index in [1.807, 2.05) is 0 Å². The van der Waals surface area contributed by atoms with E-state index in [-0.39, 0.29) is 11.0 Å². The number of aromatic nitrogens is 2. The summed E-state index contributed by atoms with van der Waals surface area (Å²) < 4.78 is 2.67. The third kappa shape index (κ3) is 1.97. The SMILES string of the molecule is CCC12CC1(CC)[n+]1c(c(-c3ccccc3)nc3ccccc31)-c1ccccc12. The maximum atomic E-state index is 5.20. The summed E-state index contributed by atoms with van der Waals surface area (Å²) in [5.74, 6) is 0. The van der Waals surface area contributed by atoms with Gasteiger partial charge < -0.3 is 0 Å². The minimum absolute atomic E-state index is 0.136. The van der Waals surface area contributed by atoms with Gasteiger partial charge in [0.05, 0.1) is 11.0 Å². The number of rotatable bonds is 3. The van der Waals surface area contributed by atoms with Crippen LogP contribution in [0.5, 0.6) is 0 Å².